The van der Waals surface area contributed by atoms with Crippen LogP contribution in [0.2, 0.25) is 0 Å². The van der Waals surface area contributed by atoms with Gasteiger partial charge in [-0.15, -0.1) is 0 Å². The molecule has 31 heavy (non-hydrogen) atoms. The molecule has 0 saturated heterocycles. The van der Waals surface area contributed by atoms with E-state index in [1.807, 2.05) is 0 Å². The third-order valence-corrected chi connectivity index (χ3v) is 3.44. The van der Waals surface area contributed by atoms with Crippen molar-refractivity contribution in [2.75, 3.05) is 17.2 Å². The zero-order valence-corrected chi connectivity index (χ0v) is 17.0. The first-order valence-corrected chi connectivity index (χ1v) is 8.94. The molecule has 0 radical (unpaired) electrons. The summed E-state index contributed by atoms with van der Waals surface area (Å²) in [6, 6.07) is 3.32. The van der Waals surface area contributed by atoms with Gasteiger partial charge in [0.05, 0.1) is 5.60 Å². The molecule has 0 amide bonds. The Morgan fingerprint density at radius 2 is 1.84 bits per heavy atom. The lowest BCUT2D eigenvalue weighted by molar-refractivity contribution is -0.141. The van der Waals surface area contributed by atoms with Gasteiger partial charge in [0, 0.05) is 24.5 Å². The second-order valence-corrected chi connectivity index (χ2v) is 6.96. The first-order valence-electron chi connectivity index (χ1n) is 8.94. The van der Waals surface area contributed by atoms with E-state index in [2.05, 4.69) is 42.1 Å². The zero-order valence-electron chi connectivity index (χ0n) is 17.0. The molecular weight excluding hydrogens is 418 g/mol. The van der Waals surface area contributed by atoms with Crippen LogP contribution in [0.5, 0.6) is 0 Å². The maximum atomic E-state index is 13.5. The zero-order chi connectivity index (χ0) is 23.2. The quantitative estimate of drug-likeness (QED) is 0.422. The standard InChI is InChI=1S/C19H21F4N7O/c1-5-24-14(20)9-11(2)26-17-29-15(28-16(30-17)25-10-18(3,4)31)12-7-6-8-13(27-12)19(21,22)23/h5-9,31H,1,10H2,2-4H3,(H2,25,26,28,29,30)/b11-9+,24-14+. The molecule has 0 aliphatic heterocycles. The first-order chi connectivity index (χ1) is 14.4. The fourth-order valence-electron chi connectivity index (χ4n) is 2.15. The van der Waals surface area contributed by atoms with Crippen molar-refractivity contribution < 1.29 is 22.7 Å². The molecule has 0 bridgehead atoms. The Balaban J connectivity index is 2.47. The number of rotatable bonds is 8. The molecule has 2 aromatic rings. The van der Waals surface area contributed by atoms with E-state index in [1.165, 1.54) is 19.1 Å². The van der Waals surface area contributed by atoms with Gasteiger partial charge in [-0.25, -0.2) is 9.98 Å². The third kappa shape index (κ3) is 7.74. The van der Waals surface area contributed by atoms with Crippen LogP contribution in [-0.4, -0.2) is 43.2 Å². The van der Waals surface area contributed by atoms with Crippen LogP contribution in [0.4, 0.5) is 29.5 Å². The van der Waals surface area contributed by atoms with E-state index in [-0.39, 0.29) is 35.7 Å². The Morgan fingerprint density at radius 1 is 1.16 bits per heavy atom. The minimum atomic E-state index is -4.65. The molecule has 0 aliphatic rings. The average molecular weight is 439 g/mol. The topological polar surface area (TPSA) is 108 Å². The molecule has 0 fully saturated rings. The van der Waals surface area contributed by atoms with Crippen LogP contribution in [0, 0.1) is 0 Å². The number of alkyl halides is 3. The summed E-state index contributed by atoms with van der Waals surface area (Å²) >= 11 is 0. The number of aromatic nitrogens is 4. The highest BCUT2D eigenvalue weighted by Gasteiger charge is 2.32. The maximum Gasteiger partial charge on any atom is 0.433 e. The summed E-state index contributed by atoms with van der Waals surface area (Å²) in [5.74, 6) is -1.09. The number of pyridine rings is 1. The van der Waals surface area contributed by atoms with Crippen molar-refractivity contribution >= 4 is 17.9 Å². The van der Waals surface area contributed by atoms with E-state index in [0.717, 1.165) is 18.3 Å². The van der Waals surface area contributed by atoms with Crippen LogP contribution in [-0.2, 0) is 6.18 Å². The predicted octanol–water partition coefficient (Wildman–Crippen LogP) is 3.96. The van der Waals surface area contributed by atoms with E-state index in [4.69, 9.17) is 0 Å². The molecule has 0 aromatic carbocycles. The number of nitrogens with one attached hydrogen (secondary N) is 2. The van der Waals surface area contributed by atoms with E-state index < -0.39 is 23.4 Å². The van der Waals surface area contributed by atoms with Crippen molar-refractivity contribution in [3.63, 3.8) is 0 Å². The summed E-state index contributed by atoms with van der Waals surface area (Å²) in [6.07, 6.45) is -2.57. The van der Waals surface area contributed by atoms with Gasteiger partial charge in [-0.1, -0.05) is 12.6 Å². The molecule has 3 N–H and O–H groups in total. The minimum absolute atomic E-state index is 0.0260. The fraction of sp³-hybridized carbons (Fsp3) is 0.316. The Labute approximate surface area is 175 Å². The van der Waals surface area contributed by atoms with Gasteiger partial charge >= 0.3 is 6.18 Å². The lowest BCUT2D eigenvalue weighted by atomic mass is 10.1. The summed E-state index contributed by atoms with van der Waals surface area (Å²) in [6.45, 7) is 7.93. The van der Waals surface area contributed by atoms with Crippen LogP contribution < -0.4 is 10.6 Å². The smallest absolute Gasteiger partial charge is 0.389 e. The van der Waals surface area contributed by atoms with Crippen molar-refractivity contribution in [2.45, 2.75) is 32.5 Å². The molecule has 166 valence electrons. The Bertz CT molecular complexity index is 997. The molecule has 12 heteroatoms. The maximum absolute atomic E-state index is 13.5. The molecule has 0 aliphatic carbocycles. The predicted molar refractivity (Wildman–Crippen MR) is 109 cm³/mol. The van der Waals surface area contributed by atoms with Crippen molar-refractivity contribution in [2.24, 2.45) is 4.99 Å². The first kappa shape index (κ1) is 23.9. The highest BCUT2D eigenvalue weighted by Crippen LogP contribution is 2.29. The lowest BCUT2D eigenvalue weighted by Gasteiger charge is -2.18. The van der Waals surface area contributed by atoms with E-state index >= 15 is 0 Å². The van der Waals surface area contributed by atoms with Crippen molar-refractivity contribution in [1.82, 2.24) is 19.9 Å². The number of aliphatic imine (C=N–C) groups is 1. The van der Waals surface area contributed by atoms with E-state index in [0.29, 0.717) is 0 Å². The van der Waals surface area contributed by atoms with Crippen LogP contribution in [0.3, 0.4) is 0 Å². The Morgan fingerprint density at radius 3 is 2.45 bits per heavy atom. The summed E-state index contributed by atoms with van der Waals surface area (Å²) in [5.41, 5.74) is -2.11. The number of hydrogen-bond acceptors (Lipinski definition) is 8. The van der Waals surface area contributed by atoms with Crippen molar-refractivity contribution in [3.8, 4) is 11.5 Å². The molecule has 2 aromatic heterocycles. The number of allylic oxidation sites excluding steroid dienone is 2. The molecular formula is C19H21F4N7O. The number of aliphatic hydroxyl groups is 1. The molecule has 0 unspecified atom stereocenters. The SMILES string of the molecule is C=C/N=C(F)\C=C(/C)Nc1nc(NCC(C)(C)O)nc(-c2cccc(C(F)(F)F)n2)n1. The Hall–Kier alpha value is -3.41. The molecule has 0 atom stereocenters. The molecule has 8 nitrogen and oxygen atoms in total. The largest absolute Gasteiger partial charge is 0.433 e. The van der Waals surface area contributed by atoms with Gasteiger partial charge in [0.15, 0.2) is 5.82 Å². The van der Waals surface area contributed by atoms with Crippen LogP contribution in [0.25, 0.3) is 11.5 Å². The van der Waals surface area contributed by atoms with Crippen molar-refractivity contribution in [3.05, 3.63) is 48.4 Å². The number of nitrogens with zero attached hydrogens (tertiary/aromatic N) is 5. The highest BCUT2D eigenvalue weighted by atomic mass is 19.4. The van der Waals surface area contributed by atoms with Crippen molar-refractivity contribution in [1.29, 1.82) is 0 Å². The molecule has 2 rings (SSSR count). The summed E-state index contributed by atoms with van der Waals surface area (Å²) in [7, 11) is 0. The van der Waals surface area contributed by atoms with E-state index in [9.17, 15) is 22.7 Å². The third-order valence-electron chi connectivity index (χ3n) is 3.44. The van der Waals surface area contributed by atoms with Crippen LogP contribution in [0.1, 0.15) is 26.5 Å². The summed E-state index contributed by atoms with van der Waals surface area (Å²) in [5, 5.41) is 15.4. The van der Waals surface area contributed by atoms with Gasteiger partial charge in [-0.3, -0.25) is 0 Å². The van der Waals surface area contributed by atoms with Gasteiger partial charge in [-0.2, -0.15) is 32.5 Å². The molecule has 0 saturated carbocycles. The van der Waals surface area contributed by atoms with Crippen LogP contribution >= 0.6 is 0 Å². The van der Waals surface area contributed by atoms with Gasteiger partial charge in [0.2, 0.25) is 17.9 Å². The lowest BCUT2D eigenvalue weighted by Crippen LogP contribution is -2.30. The van der Waals surface area contributed by atoms with E-state index in [1.54, 1.807) is 13.8 Å². The van der Waals surface area contributed by atoms with Gasteiger partial charge in [0.1, 0.15) is 11.4 Å². The normalized spacial score (nSPS) is 13.2. The monoisotopic (exact) mass is 439 g/mol. The highest BCUT2D eigenvalue weighted by molar-refractivity contribution is 5.88. The average Bonchev–Trinajstić information content (AvgIpc) is 2.65. The van der Waals surface area contributed by atoms with Gasteiger partial charge in [0.25, 0.3) is 0 Å². The number of anilines is 2. The summed E-state index contributed by atoms with van der Waals surface area (Å²) in [4.78, 5) is 19.2. The van der Waals surface area contributed by atoms with Gasteiger partial charge in [-0.05, 0) is 32.9 Å². The molecule has 2 heterocycles. The number of hydrogen-bond donors (Lipinski definition) is 3. The second kappa shape index (κ2) is 9.60. The summed E-state index contributed by atoms with van der Waals surface area (Å²) < 4.78 is 52.6. The number of halogens is 4. The van der Waals surface area contributed by atoms with Gasteiger partial charge < -0.3 is 15.7 Å². The minimum Gasteiger partial charge on any atom is -0.389 e. The molecule has 0 spiro atoms. The Kier molecular flexibility index (Phi) is 7.39. The van der Waals surface area contributed by atoms with Crippen LogP contribution in [0.15, 0.2) is 47.7 Å². The second-order valence-electron chi connectivity index (χ2n) is 6.96. The fourth-order valence-corrected chi connectivity index (χ4v) is 2.15.